The molecule has 2 aromatic rings. The van der Waals surface area contributed by atoms with Crippen LogP contribution in [0.1, 0.15) is 52.2 Å². The SMILES string of the molecule is Cc1cc(C)c(CCc2nc(C)c(CCCCCl)c(Cl)n2)c(C)c1N. The van der Waals surface area contributed by atoms with Crippen molar-refractivity contribution in [3.8, 4) is 0 Å². The molecule has 0 amide bonds. The maximum Gasteiger partial charge on any atom is 0.136 e. The van der Waals surface area contributed by atoms with E-state index in [2.05, 4.69) is 29.9 Å². The van der Waals surface area contributed by atoms with Gasteiger partial charge in [0.05, 0.1) is 0 Å². The number of anilines is 1. The summed E-state index contributed by atoms with van der Waals surface area (Å²) in [7, 11) is 0. The molecule has 136 valence electrons. The molecule has 25 heavy (non-hydrogen) atoms. The molecule has 3 nitrogen and oxygen atoms in total. The molecule has 0 fully saturated rings. The highest BCUT2D eigenvalue weighted by Gasteiger charge is 2.13. The molecule has 1 aromatic carbocycles. The maximum atomic E-state index is 6.40. The Balaban J connectivity index is 2.16. The molecule has 5 heteroatoms. The molecule has 2 rings (SSSR count). The zero-order chi connectivity index (χ0) is 18.6. The molecule has 0 bridgehead atoms. The third kappa shape index (κ3) is 4.86. The zero-order valence-corrected chi connectivity index (χ0v) is 17.1. The second-order valence-electron chi connectivity index (χ2n) is 6.67. The van der Waals surface area contributed by atoms with Crippen molar-refractivity contribution in [2.45, 2.75) is 59.8 Å². The number of hydrogen-bond acceptors (Lipinski definition) is 3. The molecule has 0 radical (unpaired) electrons. The van der Waals surface area contributed by atoms with Crippen molar-refractivity contribution in [2.24, 2.45) is 0 Å². The molecular weight excluding hydrogens is 353 g/mol. The largest absolute Gasteiger partial charge is 0.398 e. The average Bonchev–Trinajstić information content (AvgIpc) is 2.55. The van der Waals surface area contributed by atoms with Crippen LogP contribution in [-0.2, 0) is 19.3 Å². The van der Waals surface area contributed by atoms with Crippen molar-refractivity contribution in [3.05, 3.63) is 50.6 Å². The van der Waals surface area contributed by atoms with Crippen molar-refractivity contribution in [1.29, 1.82) is 0 Å². The Morgan fingerprint density at radius 3 is 2.28 bits per heavy atom. The van der Waals surface area contributed by atoms with E-state index in [1.165, 1.54) is 11.1 Å². The summed E-state index contributed by atoms with van der Waals surface area (Å²) in [4.78, 5) is 9.18. The van der Waals surface area contributed by atoms with Gasteiger partial charge in [-0.2, -0.15) is 0 Å². The van der Waals surface area contributed by atoms with Crippen LogP contribution in [0.2, 0.25) is 5.15 Å². The van der Waals surface area contributed by atoms with Gasteiger partial charge in [-0.05, 0) is 75.6 Å². The summed E-state index contributed by atoms with van der Waals surface area (Å²) in [5, 5.41) is 0.578. The first-order valence-electron chi connectivity index (χ1n) is 8.78. The highest BCUT2D eigenvalue weighted by atomic mass is 35.5. The summed E-state index contributed by atoms with van der Waals surface area (Å²) in [6, 6.07) is 2.15. The minimum Gasteiger partial charge on any atom is -0.398 e. The van der Waals surface area contributed by atoms with Crippen molar-refractivity contribution in [1.82, 2.24) is 9.97 Å². The second kappa shape index (κ2) is 8.86. The molecule has 2 N–H and O–H groups in total. The summed E-state index contributed by atoms with van der Waals surface area (Å²) in [6.45, 7) is 8.28. The number of benzene rings is 1. The third-order valence-corrected chi connectivity index (χ3v) is 5.39. The van der Waals surface area contributed by atoms with Gasteiger partial charge in [-0.3, -0.25) is 0 Å². The number of hydrogen-bond donors (Lipinski definition) is 1. The van der Waals surface area contributed by atoms with Crippen LogP contribution in [0.4, 0.5) is 5.69 Å². The zero-order valence-electron chi connectivity index (χ0n) is 15.5. The van der Waals surface area contributed by atoms with E-state index in [1.807, 2.05) is 13.8 Å². The summed E-state index contributed by atoms with van der Waals surface area (Å²) in [5.41, 5.74) is 13.9. The number of aryl methyl sites for hydroxylation is 4. The quantitative estimate of drug-likeness (QED) is 0.307. The van der Waals surface area contributed by atoms with Gasteiger partial charge in [-0.1, -0.05) is 17.7 Å². The fourth-order valence-corrected chi connectivity index (χ4v) is 3.79. The molecular formula is C20H27Cl2N3. The van der Waals surface area contributed by atoms with Gasteiger partial charge in [0.25, 0.3) is 0 Å². The van der Waals surface area contributed by atoms with E-state index in [9.17, 15) is 0 Å². The van der Waals surface area contributed by atoms with E-state index >= 15 is 0 Å². The maximum absolute atomic E-state index is 6.40. The molecule has 0 saturated carbocycles. The lowest BCUT2D eigenvalue weighted by Gasteiger charge is -2.15. The number of nitrogens with zero attached hydrogens (tertiary/aromatic N) is 2. The predicted molar refractivity (Wildman–Crippen MR) is 108 cm³/mol. The molecule has 0 saturated heterocycles. The van der Waals surface area contributed by atoms with Crippen molar-refractivity contribution >= 4 is 28.9 Å². The summed E-state index contributed by atoms with van der Waals surface area (Å²) in [6.07, 6.45) is 4.49. The van der Waals surface area contributed by atoms with Gasteiger partial charge in [-0.25, -0.2) is 9.97 Å². The van der Waals surface area contributed by atoms with Crippen molar-refractivity contribution in [2.75, 3.05) is 11.6 Å². The number of aromatic nitrogens is 2. The van der Waals surface area contributed by atoms with Crippen molar-refractivity contribution < 1.29 is 0 Å². The number of rotatable bonds is 7. The Kier molecular flexibility index (Phi) is 7.09. The highest BCUT2D eigenvalue weighted by molar-refractivity contribution is 6.30. The molecule has 0 atom stereocenters. The normalized spacial score (nSPS) is 11.1. The molecule has 0 aliphatic rings. The predicted octanol–water partition coefficient (Wildman–Crippen LogP) is 5.29. The first-order chi connectivity index (χ1) is 11.8. The fraction of sp³-hybridized carbons (Fsp3) is 0.500. The number of alkyl halides is 1. The van der Waals surface area contributed by atoms with E-state index in [4.69, 9.17) is 28.9 Å². The van der Waals surface area contributed by atoms with Crippen LogP contribution in [0.25, 0.3) is 0 Å². The minimum absolute atomic E-state index is 0.578. The van der Waals surface area contributed by atoms with Crippen LogP contribution in [0.3, 0.4) is 0 Å². The van der Waals surface area contributed by atoms with E-state index < -0.39 is 0 Å². The van der Waals surface area contributed by atoms with Crippen LogP contribution >= 0.6 is 23.2 Å². The fourth-order valence-electron chi connectivity index (χ4n) is 3.27. The van der Waals surface area contributed by atoms with Gasteiger partial charge in [0.1, 0.15) is 11.0 Å². The first-order valence-corrected chi connectivity index (χ1v) is 9.69. The second-order valence-corrected chi connectivity index (χ2v) is 7.40. The third-order valence-electron chi connectivity index (χ3n) is 4.81. The highest BCUT2D eigenvalue weighted by Crippen LogP contribution is 2.26. The van der Waals surface area contributed by atoms with Gasteiger partial charge < -0.3 is 5.73 Å². The van der Waals surface area contributed by atoms with Crippen LogP contribution in [0.15, 0.2) is 6.07 Å². The van der Waals surface area contributed by atoms with Gasteiger partial charge in [0.2, 0.25) is 0 Å². The Bertz CT molecular complexity index is 734. The standard InChI is InChI=1S/C20H27Cl2N3/c1-12-11-13(2)19(23)14(3)16(12)8-9-18-24-15(4)17(20(22)25-18)7-5-6-10-21/h11H,5-10,23H2,1-4H3. The monoisotopic (exact) mass is 379 g/mol. The molecule has 1 heterocycles. The summed E-state index contributed by atoms with van der Waals surface area (Å²) < 4.78 is 0. The van der Waals surface area contributed by atoms with E-state index in [-0.39, 0.29) is 0 Å². The minimum atomic E-state index is 0.578. The van der Waals surface area contributed by atoms with E-state index in [0.717, 1.165) is 66.0 Å². The molecule has 1 aromatic heterocycles. The van der Waals surface area contributed by atoms with Crippen molar-refractivity contribution in [3.63, 3.8) is 0 Å². The van der Waals surface area contributed by atoms with Gasteiger partial charge >= 0.3 is 0 Å². The lowest BCUT2D eigenvalue weighted by Crippen LogP contribution is -2.07. The lowest BCUT2D eigenvalue weighted by molar-refractivity contribution is 0.769. The van der Waals surface area contributed by atoms with Crippen LogP contribution in [-0.4, -0.2) is 15.8 Å². The van der Waals surface area contributed by atoms with Crippen LogP contribution in [0, 0.1) is 27.7 Å². The summed E-state index contributed by atoms with van der Waals surface area (Å²) >= 11 is 12.1. The van der Waals surface area contributed by atoms with E-state index in [0.29, 0.717) is 11.0 Å². The van der Waals surface area contributed by atoms with Gasteiger partial charge in [0, 0.05) is 29.2 Å². The topological polar surface area (TPSA) is 51.8 Å². The molecule has 0 aliphatic heterocycles. The Hall–Kier alpha value is -1.32. The van der Waals surface area contributed by atoms with Gasteiger partial charge in [0.15, 0.2) is 0 Å². The molecule has 0 unspecified atom stereocenters. The number of nitrogens with two attached hydrogens (primary N) is 1. The average molecular weight is 380 g/mol. The number of unbranched alkanes of at least 4 members (excludes halogenated alkanes) is 1. The Morgan fingerprint density at radius 2 is 1.64 bits per heavy atom. The van der Waals surface area contributed by atoms with Crippen LogP contribution in [0.5, 0.6) is 0 Å². The van der Waals surface area contributed by atoms with Gasteiger partial charge in [-0.15, -0.1) is 11.6 Å². The first kappa shape index (κ1) is 20.0. The Morgan fingerprint density at radius 1 is 0.920 bits per heavy atom. The molecule has 0 spiro atoms. The summed E-state index contributed by atoms with van der Waals surface area (Å²) in [5.74, 6) is 1.47. The van der Waals surface area contributed by atoms with E-state index in [1.54, 1.807) is 0 Å². The lowest BCUT2D eigenvalue weighted by atomic mass is 9.94. The number of nitrogen functional groups attached to an aromatic ring is 1. The molecule has 0 aliphatic carbocycles. The van der Waals surface area contributed by atoms with Crippen LogP contribution < -0.4 is 5.73 Å². The smallest absolute Gasteiger partial charge is 0.136 e. The Labute approximate surface area is 161 Å². The number of halogens is 2.